The van der Waals surface area contributed by atoms with Gasteiger partial charge in [-0.3, -0.25) is 18.7 Å². The summed E-state index contributed by atoms with van der Waals surface area (Å²) in [6.07, 6.45) is 0.679. The zero-order chi connectivity index (χ0) is 24.1. The van der Waals surface area contributed by atoms with Crippen LogP contribution in [-0.4, -0.2) is 75.3 Å². The lowest BCUT2D eigenvalue weighted by Crippen LogP contribution is -2.47. The molecular weight excluding hydrogens is 473 g/mol. The lowest BCUT2D eigenvalue weighted by atomic mass is 10.1. The van der Waals surface area contributed by atoms with Crippen molar-refractivity contribution in [3.63, 3.8) is 0 Å². The number of hydrogen-bond donors (Lipinski definition) is 1. The predicted octanol–water partition coefficient (Wildman–Crippen LogP) is 2.48. The molecule has 5 rings (SSSR count). The van der Waals surface area contributed by atoms with E-state index >= 15 is 8.78 Å². The Morgan fingerprint density at radius 2 is 1.76 bits per heavy atom. The van der Waals surface area contributed by atoms with Gasteiger partial charge in [0.2, 0.25) is 5.91 Å². The van der Waals surface area contributed by atoms with E-state index in [1.54, 1.807) is 9.57 Å². The number of halogens is 2. The van der Waals surface area contributed by atoms with Crippen LogP contribution in [0, 0.1) is 17.0 Å². The van der Waals surface area contributed by atoms with Gasteiger partial charge in [0.1, 0.15) is 11.8 Å². The van der Waals surface area contributed by atoms with Gasteiger partial charge in [0, 0.05) is 50.7 Å². The average molecular weight is 500 g/mol. The number of amides is 2. The molecule has 4 fully saturated rings. The number of rotatable bonds is 5. The van der Waals surface area contributed by atoms with Crippen LogP contribution in [-0.2, 0) is 23.1 Å². The number of nitrogens with one attached hydrogen (secondary N) is 1. The molecule has 10 nitrogen and oxygen atoms in total. The van der Waals surface area contributed by atoms with E-state index in [1.165, 1.54) is 6.92 Å². The first-order valence-corrected chi connectivity index (χ1v) is 12.8. The second-order valence-electron chi connectivity index (χ2n) is 9.27. The quantitative estimate of drug-likeness (QED) is 0.616. The van der Waals surface area contributed by atoms with E-state index in [0.29, 0.717) is 13.2 Å². The lowest BCUT2D eigenvalue weighted by molar-refractivity contribution is -0.119. The Kier molecular flexibility index (Phi) is 6.04. The van der Waals surface area contributed by atoms with E-state index in [9.17, 15) is 14.2 Å². The summed E-state index contributed by atoms with van der Waals surface area (Å²) in [6, 6.07) is 2.19. The number of carbonyl (C=O) groups excluding carboxylic acids is 2. The summed E-state index contributed by atoms with van der Waals surface area (Å²) in [5, 5.41) is 2.55. The highest BCUT2D eigenvalue weighted by atomic mass is 31.2. The zero-order valence-electron chi connectivity index (χ0n) is 18.8. The minimum atomic E-state index is -3.38. The van der Waals surface area contributed by atoms with Crippen LogP contribution >= 0.6 is 7.75 Å². The van der Waals surface area contributed by atoms with Crippen LogP contribution in [0.4, 0.5) is 25.0 Å². The summed E-state index contributed by atoms with van der Waals surface area (Å²) in [5.41, 5.74) is -0.142. The molecule has 1 aromatic carbocycles. The van der Waals surface area contributed by atoms with Crippen molar-refractivity contribution < 1.29 is 36.7 Å². The van der Waals surface area contributed by atoms with Crippen molar-refractivity contribution in [1.29, 1.82) is 0 Å². The van der Waals surface area contributed by atoms with Crippen molar-refractivity contribution in [2.24, 2.45) is 5.41 Å². The first-order chi connectivity index (χ1) is 16.2. The highest BCUT2D eigenvalue weighted by molar-refractivity contribution is 7.51. The number of hydrogen-bond acceptors (Lipinski definition) is 7. The number of piperazine rings is 1. The van der Waals surface area contributed by atoms with Gasteiger partial charge in [-0.25, -0.2) is 22.8 Å². The minimum Gasteiger partial charge on any atom is -0.442 e. The number of nitrogens with zero attached hydrogens (tertiary/aromatic N) is 3. The molecule has 34 heavy (non-hydrogen) atoms. The van der Waals surface area contributed by atoms with Gasteiger partial charge in [-0.05, 0) is 12.8 Å². The maximum absolute atomic E-state index is 15.0. The van der Waals surface area contributed by atoms with Crippen LogP contribution < -0.4 is 15.1 Å². The van der Waals surface area contributed by atoms with Crippen LogP contribution in [0.25, 0.3) is 0 Å². The number of carbonyl (C=O) groups is 2. The molecule has 4 aliphatic rings. The summed E-state index contributed by atoms with van der Waals surface area (Å²) < 4.78 is 61.1. The Morgan fingerprint density at radius 1 is 1.15 bits per heavy atom. The van der Waals surface area contributed by atoms with Crippen molar-refractivity contribution in [3.8, 4) is 0 Å². The monoisotopic (exact) mass is 500 g/mol. The lowest BCUT2D eigenvalue weighted by Gasteiger charge is -2.41. The first kappa shape index (κ1) is 23.5. The van der Waals surface area contributed by atoms with Crippen LogP contribution in [0.1, 0.15) is 19.8 Å². The summed E-state index contributed by atoms with van der Waals surface area (Å²) in [7, 11) is -3.38. The van der Waals surface area contributed by atoms with Gasteiger partial charge in [0.15, 0.2) is 11.6 Å². The third-order valence-corrected chi connectivity index (χ3v) is 8.71. The zero-order valence-corrected chi connectivity index (χ0v) is 19.7. The highest BCUT2D eigenvalue weighted by Gasteiger charge is 2.52. The molecule has 1 aliphatic carbocycles. The third kappa shape index (κ3) is 4.51. The summed E-state index contributed by atoms with van der Waals surface area (Å²) in [4.78, 5) is 25.9. The normalized spacial score (nSPS) is 26.0. The molecule has 1 aromatic rings. The highest BCUT2D eigenvalue weighted by Crippen LogP contribution is 2.62. The standard InChI is InChI=1S/C21H27F2N4O6P/c1-14(28)24-10-16-11-27(20(29)33-16)15-8-17(22)19(18(23)9-15)25-4-6-26(7-5-25)34(30)31-12-21(2-3-21)13-32-34/h8-9,16H,2-7,10-13H2,1H3,(H,24,28)/t16-/m0/s1. The van der Waals surface area contributed by atoms with Crippen LogP contribution in [0.15, 0.2) is 12.1 Å². The van der Waals surface area contributed by atoms with Crippen molar-refractivity contribution in [1.82, 2.24) is 9.99 Å². The fraction of sp³-hybridized carbons (Fsp3) is 0.619. The van der Waals surface area contributed by atoms with Crippen molar-refractivity contribution in [2.45, 2.75) is 25.9 Å². The molecule has 1 N–H and O–H groups in total. The molecule has 0 bridgehead atoms. The van der Waals surface area contributed by atoms with Gasteiger partial charge in [-0.15, -0.1) is 0 Å². The van der Waals surface area contributed by atoms with Gasteiger partial charge in [0.05, 0.1) is 32.0 Å². The van der Waals surface area contributed by atoms with E-state index in [2.05, 4.69) is 5.32 Å². The molecule has 1 atom stereocenters. The largest absolute Gasteiger partial charge is 0.442 e. The fourth-order valence-electron chi connectivity index (χ4n) is 4.42. The number of cyclic esters (lactones) is 1. The Hall–Kier alpha value is -2.27. The molecule has 13 heteroatoms. The topological polar surface area (TPSA) is 101 Å². The molecule has 1 saturated carbocycles. The Labute approximate surface area is 195 Å². The Bertz CT molecular complexity index is 1010. The summed E-state index contributed by atoms with van der Waals surface area (Å²) in [5.74, 6) is -1.89. The van der Waals surface area contributed by atoms with E-state index in [4.69, 9.17) is 13.8 Å². The molecule has 0 unspecified atom stereocenters. The van der Waals surface area contributed by atoms with E-state index in [-0.39, 0.29) is 62.0 Å². The first-order valence-electron chi connectivity index (χ1n) is 11.3. The van der Waals surface area contributed by atoms with Gasteiger partial charge in [-0.1, -0.05) is 0 Å². The van der Waals surface area contributed by atoms with Crippen molar-refractivity contribution in [3.05, 3.63) is 23.8 Å². The van der Waals surface area contributed by atoms with Crippen LogP contribution in [0.3, 0.4) is 0 Å². The Balaban J connectivity index is 1.23. The molecule has 2 amide bonds. The second kappa shape index (κ2) is 8.75. The van der Waals surface area contributed by atoms with Gasteiger partial charge < -0.3 is 15.0 Å². The van der Waals surface area contributed by atoms with Crippen LogP contribution in [0.2, 0.25) is 0 Å². The number of anilines is 2. The molecule has 3 heterocycles. The third-order valence-electron chi connectivity index (χ3n) is 6.71. The summed E-state index contributed by atoms with van der Waals surface area (Å²) in [6.45, 7) is 3.37. The van der Waals surface area contributed by atoms with Crippen molar-refractivity contribution >= 4 is 31.1 Å². The molecule has 186 valence electrons. The average Bonchev–Trinajstić information content (AvgIpc) is 3.46. The second-order valence-corrected chi connectivity index (χ2v) is 11.3. The maximum Gasteiger partial charge on any atom is 0.414 e. The smallest absolute Gasteiger partial charge is 0.414 e. The summed E-state index contributed by atoms with van der Waals surface area (Å²) >= 11 is 0. The van der Waals surface area contributed by atoms with E-state index < -0.39 is 31.6 Å². The molecule has 0 aromatic heterocycles. The van der Waals surface area contributed by atoms with Crippen LogP contribution in [0.5, 0.6) is 0 Å². The van der Waals surface area contributed by atoms with Gasteiger partial charge in [-0.2, -0.15) is 0 Å². The maximum atomic E-state index is 15.0. The molecule has 3 aliphatic heterocycles. The fourth-order valence-corrected chi connectivity index (χ4v) is 6.36. The predicted molar refractivity (Wildman–Crippen MR) is 118 cm³/mol. The Morgan fingerprint density at radius 3 is 2.32 bits per heavy atom. The molecule has 3 saturated heterocycles. The van der Waals surface area contributed by atoms with E-state index in [1.807, 2.05) is 0 Å². The molecule has 0 radical (unpaired) electrons. The SMILES string of the molecule is CC(=O)NC[C@H]1CN(c2cc(F)c(N3CCN(P4(=O)OCC5(CC5)CO4)CC3)c(F)c2)C(=O)O1. The van der Waals surface area contributed by atoms with E-state index in [0.717, 1.165) is 29.9 Å². The van der Waals surface area contributed by atoms with Crippen molar-refractivity contribution in [2.75, 3.05) is 62.3 Å². The molecule has 1 spiro atoms. The van der Waals surface area contributed by atoms with Gasteiger partial charge >= 0.3 is 13.8 Å². The van der Waals surface area contributed by atoms with Gasteiger partial charge in [0.25, 0.3) is 0 Å². The number of ether oxygens (including phenoxy) is 1. The number of benzene rings is 1. The molecular formula is C21H27F2N4O6P. The minimum absolute atomic E-state index is 0.0233.